The first-order chi connectivity index (χ1) is 14.5. The van der Waals surface area contributed by atoms with Gasteiger partial charge in [0.15, 0.2) is 0 Å². The van der Waals surface area contributed by atoms with E-state index in [4.69, 9.17) is 0 Å². The molecule has 0 radical (unpaired) electrons. The highest BCUT2D eigenvalue weighted by Gasteiger charge is 2.44. The number of carboxylic acid groups (broad SMARTS) is 1. The molecule has 4 rings (SSSR count). The lowest BCUT2D eigenvalue weighted by molar-refractivity contribution is -0.145. The number of hydrogen-bond donors (Lipinski definition) is 1. The first kappa shape index (κ1) is 20.3. The number of anilines is 1. The van der Waals surface area contributed by atoms with Crippen LogP contribution in [0, 0.1) is 6.92 Å². The molecule has 2 fully saturated rings. The van der Waals surface area contributed by atoms with Gasteiger partial charge in [0, 0.05) is 45.0 Å². The smallest absolute Gasteiger partial charge is 0.320 e. The van der Waals surface area contributed by atoms with Gasteiger partial charge in [-0.05, 0) is 43.0 Å². The van der Waals surface area contributed by atoms with E-state index in [0.29, 0.717) is 39.0 Å². The third kappa shape index (κ3) is 3.86. The number of piperazine rings is 1. The molecular weight excluding hydrogens is 378 g/mol. The third-order valence-electron chi connectivity index (χ3n) is 6.54. The summed E-state index contributed by atoms with van der Waals surface area (Å²) in [7, 11) is 0. The van der Waals surface area contributed by atoms with Crippen molar-refractivity contribution in [3.63, 3.8) is 0 Å². The molecule has 0 spiro atoms. The number of nitrogens with zero attached hydrogens (tertiary/aromatic N) is 3. The van der Waals surface area contributed by atoms with Crippen LogP contribution in [-0.2, 0) is 10.2 Å². The molecule has 30 heavy (non-hydrogen) atoms. The van der Waals surface area contributed by atoms with E-state index in [0.717, 1.165) is 18.7 Å². The van der Waals surface area contributed by atoms with Crippen molar-refractivity contribution in [2.45, 2.75) is 25.2 Å². The highest BCUT2D eigenvalue weighted by atomic mass is 16.4. The van der Waals surface area contributed by atoms with Crippen LogP contribution < -0.4 is 4.90 Å². The van der Waals surface area contributed by atoms with Crippen LogP contribution in [0.25, 0.3) is 0 Å². The van der Waals surface area contributed by atoms with Crippen molar-refractivity contribution in [2.24, 2.45) is 0 Å². The molecule has 0 unspecified atom stereocenters. The molecule has 0 atom stereocenters. The number of amides is 2. The maximum atomic E-state index is 13.1. The van der Waals surface area contributed by atoms with E-state index in [2.05, 4.69) is 36.1 Å². The minimum Gasteiger partial charge on any atom is -0.481 e. The summed E-state index contributed by atoms with van der Waals surface area (Å²) in [6, 6.07) is 17.9. The van der Waals surface area contributed by atoms with Crippen LogP contribution >= 0.6 is 0 Å². The quantitative estimate of drug-likeness (QED) is 0.848. The number of piperidine rings is 1. The molecule has 2 saturated heterocycles. The second-order valence-corrected chi connectivity index (χ2v) is 8.34. The maximum Gasteiger partial charge on any atom is 0.320 e. The molecule has 0 saturated carbocycles. The summed E-state index contributed by atoms with van der Waals surface area (Å²) in [5, 5.41) is 9.95. The standard InChI is InChI=1S/C24H29N3O3/c1-19-6-5-9-21(18-19)25-14-16-27(17-15-25)23(30)26-12-10-24(11-13-26,22(28)29)20-7-3-2-4-8-20/h2-9,18H,10-17H2,1H3,(H,28,29). The Labute approximate surface area is 177 Å². The average molecular weight is 408 g/mol. The van der Waals surface area contributed by atoms with Gasteiger partial charge in [0.1, 0.15) is 0 Å². The fraction of sp³-hybridized carbons (Fsp3) is 0.417. The Morgan fingerprint density at radius 3 is 2.07 bits per heavy atom. The van der Waals surface area contributed by atoms with Gasteiger partial charge in [-0.15, -0.1) is 0 Å². The summed E-state index contributed by atoms with van der Waals surface area (Å²) >= 11 is 0. The van der Waals surface area contributed by atoms with Crippen molar-refractivity contribution < 1.29 is 14.7 Å². The first-order valence-corrected chi connectivity index (χ1v) is 10.6. The van der Waals surface area contributed by atoms with Gasteiger partial charge in [-0.2, -0.15) is 0 Å². The normalized spacial score (nSPS) is 18.9. The second kappa shape index (κ2) is 8.38. The van der Waals surface area contributed by atoms with Crippen LogP contribution in [0.2, 0.25) is 0 Å². The largest absolute Gasteiger partial charge is 0.481 e. The zero-order valence-electron chi connectivity index (χ0n) is 17.5. The van der Waals surface area contributed by atoms with E-state index in [-0.39, 0.29) is 6.03 Å². The number of urea groups is 1. The summed E-state index contributed by atoms with van der Waals surface area (Å²) in [5.41, 5.74) is 2.37. The average Bonchev–Trinajstić information content (AvgIpc) is 2.79. The van der Waals surface area contributed by atoms with Crippen molar-refractivity contribution in [3.05, 3.63) is 65.7 Å². The molecule has 6 heteroatoms. The molecule has 158 valence electrons. The summed E-state index contributed by atoms with van der Waals surface area (Å²) in [4.78, 5) is 31.2. The molecule has 0 bridgehead atoms. The zero-order chi connectivity index (χ0) is 21.1. The van der Waals surface area contributed by atoms with Crippen LogP contribution in [-0.4, -0.2) is 66.2 Å². The topological polar surface area (TPSA) is 64.1 Å². The SMILES string of the molecule is Cc1cccc(N2CCN(C(=O)N3CCC(C(=O)O)(c4ccccc4)CC3)CC2)c1. The fourth-order valence-corrected chi connectivity index (χ4v) is 4.64. The molecule has 0 aliphatic carbocycles. The Morgan fingerprint density at radius 1 is 0.833 bits per heavy atom. The zero-order valence-corrected chi connectivity index (χ0v) is 17.5. The summed E-state index contributed by atoms with van der Waals surface area (Å²) in [6.45, 7) is 6.03. The van der Waals surface area contributed by atoms with Crippen molar-refractivity contribution in [2.75, 3.05) is 44.2 Å². The number of hydrogen-bond acceptors (Lipinski definition) is 3. The number of carboxylic acids is 1. The Morgan fingerprint density at radius 2 is 1.47 bits per heavy atom. The lowest BCUT2D eigenvalue weighted by atomic mass is 9.73. The molecule has 2 aliphatic heterocycles. The molecule has 1 N–H and O–H groups in total. The van der Waals surface area contributed by atoms with Crippen LogP contribution in [0.4, 0.5) is 10.5 Å². The van der Waals surface area contributed by atoms with Gasteiger partial charge in [-0.25, -0.2) is 4.79 Å². The molecule has 2 heterocycles. The number of carbonyl (C=O) groups excluding carboxylic acids is 1. The predicted molar refractivity (Wildman–Crippen MR) is 117 cm³/mol. The number of carbonyl (C=O) groups is 2. The Kier molecular flexibility index (Phi) is 5.66. The first-order valence-electron chi connectivity index (χ1n) is 10.6. The summed E-state index contributed by atoms with van der Waals surface area (Å²) < 4.78 is 0. The number of aryl methyl sites for hydroxylation is 1. The number of rotatable bonds is 3. The van der Waals surface area contributed by atoms with Crippen molar-refractivity contribution in [1.29, 1.82) is 0 Å². The summed E-state index contributed by atoms with van der Waals surface area (Å²) in [6.07, 6.45) is 0.892. The van der Waals surface area contributed by atoms with Crippen LogP contribution in [0.15, 0.2) is 54.6 Å². The summed E-state index contributed by atoms with van der Waals surface area (Å²) in [5.74, 6) is -0.799. The molecule has 2 aromatic carbocycles. The van der Waals surface area contributed by atoms with Gasteiger partial charge in [-0.3, -0.25) is 4.79 Å². The Balaban J connectivity index is 1.36. The van der Waals surface area contributed by atoms with Crippen LogP contribution in [0.3, 0.4) is 0 Å². The van der Waals surface area contributed by atoms with Crippen LogP contribution in [0.5, 0.6) is 0 Å². The van der Waals surface area contributed by atoms with E-state index in [1.54, 1.807) is 0 Å². The minimum atomic E-state index is -0.901. The van der Waals surface area contributed by atoms with E-state index >= 15 is 0 Å². The molecule has 2 aromatic rings. The Bertz CT molecular complexity index is 899. The fourth-order valence-electron chi connectivity index (χ4n) is 4.64. The van der Waals surface area contributed by atoms with Crippen molar-refractivity contribution in [1.82, 2.24) is 9.80 Å². The predicted octanol–water partition coefficient (Wildman–Crippen LogP) is 3.36. The van der Waals surface area contributed by atoms with Crippen LogP contribution in [0.1, 0.15) is 24.0 Å². The van der Waals surface area contributed by atoms with Crippen molar-refractivity contribution in [3.8, 4) is 0 Å². The van der Waals surface area contributed by atoms with Gasteiger partial charge in [0.05, 0.1) is 5.41 Å². The molecule has 0 aromatic heterocycles. The van der Waals surface area contributed by atoms with E-state index in [9.17, 15) is 14.7 Å². The van der Waals surface area contributed by atoms with Gasteiger partial charge >= 0.3 is 12.0 Å². The molecular formula is C24H29N3O3. The monoisotopic (exact) mass is 407 g/mol. The minimum absolute atomic E-state index is 0.0333. The second-order valence-electron chi connectivity index (χ2n) is 8.34. The van der Waals surface area contributed by atoms with E-state index < -0.39 is 11.4 Å². The highest BCUT2D eigenvalue weighted by Crippen LogP contribution is 2.36. The number of aliphatic carboxylic acids is 1. The third-order valence-corrected chi connectivity index (χ3v) is 6.54. The van der Waals surface area contributed by atoms with E-state index in [1.165, 1.54) is 11.3 Å². The molecule has 2 amide bonds. The number of benzene rings is 2. The Hall–Kier alpha value is -3.02. The maximum absolute atomic E-state index is 13.1. The van der Waals surface area contributed by atoms with Gasteiger partial charge < -0.3 is 19.8 Å². The van der Waals surface area contributed by atoms with Crippen molar-refractivity contribution >= 4 is 17.7 Å². The number of likely N-dealkylation sites (tertiary alicyclic amines) is 1. The van der Waals surface area contributed by atoms with E-state index in [1.807, 2.05) is 40.1 Å². The molecule has 6 nitrogen and oxygen atoms in total. The lowest BCUT2D eigenvalue weighted by Gasteiger charge is -2.43. The van der Waals surface area contributed by atoms with Gasteiger partial charge in [0.2, 0.25) is 0 Å². The van der Waals surface area contributed by atoms with Gasteiger partial charge in [0.25, 0.3) is 0 Å². The molecule has 2 aliphatic rings. The lowest BCUT2D eigenvalue weighted by Crippen LogP contribution is -2.56. The highest BCUT2D eigenvalue weighted by molar-refractivity contribution is 5.82. The van der Waals surface area contributed by atoms with Gasteiger partial charge in [-0.1, -0.05) is 42.5 Å².